The van der Waals surface area contributed by atoms with E-state index in [1.807, 2.05) is 13.8 Å². The van der Waals surface area contributed by atoms with E-state index >= 15 is 0 Å². The number of nitrogens with one attached hydrogen (secondary N) is 1. The van der Waals surface area contributed by atoms with E-state index in [4.69, 9.17) is 24.1 Å². The van der Waals surface area contributed by atoms with Crippen LogP contribution in [0.4, 0.5) is 0 Å². The molecule has 9 heteroatoms. The molecule has 1 amide bonds. The SMILES string of the molecule is C=CCOc1ccc(C(=O)N/N=C/c2ccc(OCc3ccc(C(=O)O)cc3)c(OCC)c2)cc1OCC. The summed E-state index contributed by atoms with van der Waals surface area (Å²) in [5, 5.41) is 13.1. The van der Waals surface area contributed by atoms with Crippen LogP contribution in [0.3, 0.4) is 0 Å². The highest BCUT2D eigenvalue weighted by atomic mass is 16.5. The first-order valence-corrected chi connectivity index (χ1v) is 12.0. The minimum absolute atomic E-state index is 0.212. The predicted molar refractivity (Wildman–Crippen MR) is 144 cm³/mol. The van der Waals surface area contributed by atoms with Gasteiger partial charge in [0, 0.05) is 5.56 Å². The number of amides is 1. The molecule has 0 bridgehead atoms. The van der Waals surface area contributed by atoms with E-state index in [1.165, 1.54) is 18.3 Å². The lowest BCUT2D eigenvalue weighted by Crippen LogP contribution is -2.17. The molecule has 38 heavy (non-hydrogen) atoms. The van der Waals surface area contributed by atoms with Crippen molar-refractivity contribution in [3.63, 3.8) is 0 Å². The van der Waals surface area contributed by atoms with Gasteiger partial charge in [0.15, 0.2) is 23.0 Å². The first-order valence-electron chi connectivity index (χ1n) is 12.0. The molecule has 0 atom stereocenters. The Hall–Kier alpha value is -4.79. The number of benzene rings is 3. The summed E-state index contributed by atoms with van der Waals surface area (Å²) in [6.45, 7) is 8.75. The van der Waals surface area contributed by atoms with Gasteiger partial charge in [0.1, 0.15) is 13.2 Å². The number of carbonyl (C=O) groups excluding carboxylic acids is 1. The fourth-order valence-electron chi connectivity index (χ4n) is 3.31. The van der Waals surface area contributed by atoms with E-state index in [1.54, 1.807) is 54.6 Å². The Morgan fingerprint density at radius 1 is 0.842 bits per heavy atom. The summed E-state index contributed by atoms with van der Waals surface area (Å²) in [6.07, 6.45) is 3.13. The molecule has 3 aromatic carbocycles. The lowest BCUT2D eigenvalue weighted by atomic mass is 10.1. The molecular weight excluding hydrogens is 488 g/mol. The average Bonchev–Trinajstić information content (AvgIpc) is 2.92. The molecular formula is C29H30N2O7. The highest BCUT2D eigenvalue weighted by Crippen LogP contribution is 2.30. The maximum atomic E-state index is 12.6. The number of rotatable bonds is 14. The van der Waals surface area contributed by atoms with Crippen molar-refractivity contribution in [2.45, 2.75) is 20.5 Å². The molecule has 0 heterocycles. The highest BCUT2D eigenvalue weighted by molar-refractivity contribution is 5.95. The summed E-state index contributed by atoms with van der Waals surface area (Å²) in [6, 6.07) is 16.6. The van der Waals surface area contributed by atoms with Crippen molar-refractivity contribution in [1.29, 1.82) is 0 Å². The van der Waals surface area contributed by atoms with Gasteiger partial charge in [0.05, 0.1) is 25.0 Å². The lowest BCUT2D eigenvalue weighted by molar-refractivity contribution is 0.0696. The summed E-state index contributed by atoms with van der Waals surface area (Å²) in [5.74, 6) is 0.637. The van der Waals surface area contributed by atoms with E-state index in [2.05, 4.69) is 17.1 Å². The molecule has 3 rings (SSSR count). The minimum atomic E-state index is -0.980. The van der Waals surface area contributed by atoms with E-state index in [0.29, 0.717) is 53.9 Å². The second-order valence-electron chi connectivity index (χ2n) is 7.82. The van der Waals surface area contributed by atoms with Crippen LogP contribution in [0.2, 0.25) is 0 Å². The summed E-state index contributed by atoms with van der Waals surface area (Å²) >= 11 is 0. The first kappa shape index (κ1) is 27.8. The van der Waals surface area contributed by atoms with Crippen molar-refractivity contribution in [3.8, 4) is 23.0 Å². The van der Waals surface area contributed by atoms with Gasteiger partial charge >= 0.3 is 5.97 Å². The number of hydrazone groups is 1. The Balaban J connectivity index is 1.65. The smallest absolute Gasteiger partial charge is 0.335 e. The Morgan fingerprint density at radius 2 is 1.47 bits per heavy atom. The molecule has 0 spiro atoms. The van der Waals surface area contributed by atoms with Gasteiger partial charge < -0.3 is 24.1 Å². The van der Waals surface area contributed by atoms with Crippen molar-refractivity contribution in [3.05, 3.63) is 95.6 Å². The molecule has 9 nitrogen and oxygen atoms in total. The molecule has 0 aromatic heterocycles. The molecule has 0 aliphatic heterocycles. The monoisotopic (exact) mass is 518 g/mol. The molecule has 0 aliphatic carbocycles. The summed E-state index contributed by atoms with van der Waals surface area (Å²) in [4.78, 5) is 23.6. The van der Waals surface area contributed by atoms with Gasteiger partial charge in [-0.2, -0.15) is 5.10 Å². The van der Waals surface area contributed by atoms with Gasteiger partial charge in [0.2, 0.25) is 0 Å². The number of nitrogens with zero attached hydrogens (tertiary/aromatic N) is 1. The second kappa shape index (κ2) is 14.1. The maximum Gasteiger partial charge on any atom is 0.335 e. The normalized spacial score (nSPS) is 10.6. The van der Waals surface area contributed by atoms with Crippen molar-refractivity contribution >= 4 is 18.1 Å². The Kier molecular flexibility index (Phi) is 10.3. The zero-order valence-corrected chi connectivity index (χ0v) is 21.3. The Morgan fingerprint density at radius 3 is 2.13 bits per heavy atom. The van der Waals surface area contributed by atoms with Gasteiger partial charge in [-0.3, -0.25) is 4.79 Å². The van der Waals surface area contributed by atoms with Crippen LogP contribution in [0.15, 0.2) is 78.4 Å². The topological polar surface area (TPSA) is 116 Å². The number of hydrogen-bond donors (Lipinski definition) is 2. The zero-order valence-electron chi connectivity index (χ0n) is 21.3. The van der Waals surface area contributed by atoms with Crippen LogP contribution in [0.1, 0.15) is 45.7 Å². The molecule has 0 saturated carbocycles. The van der Waals surface area contributed by atoms with Gasteiger partial charge in [-0.1, -0.05) is 24.8 Å². The predicted octanol–water partition coefficient (Wildman–Crippen LogP) is 5.09. The second-order valence-corrected chi connectivity index (χ2v) is 7.82. The average molecular weight is 519 g/mol. The fraction of sp³-hybridized carbons (Fsp3) is 0.207. The van der Waals surface area contributed by atoms with Gasteiger partial charge in [-0.15, -0.1) is 0 Å². The molecule has 198 valence electrons. The van der Waals surface area contributed by atoms with E-state index in [0.717, 1.165) is 5.56 Å². The van der Waals surface area contributed by atoms with E-state index in [-0.39, 0.29) is 12.2 Å². The minimum Gasteiger partial charge on any atom is -0.490 e. The van der Waals surface area contributed by atoms with Crippen LogP contribution in [-0.4, -0.2) is 43.0 Å². The third-order valence-corrected chi connectivity index (χ3v) is 5.10. The first-order chi connectivity index (χ1) is 18.4. The van der Waals surface area contributed by atoms with Crippen molar-refractivity contribution in [2.75, 3.05) is 19.8 Å². The van der Waals surface area contributed by atoms with Crippen LogP contribution in [0.5, 0.6) is 23.0 Å². The number of ether oxygens (including phenoxy) is 4. The molecule has 2 N–H and O–H groups in total. The Bertz CT molecular complexity index is 1290. The molecule has 3 aromatic rings. The highest BCUT2D eigenvalue weighted by Gasteiger charge is 2.12. The standard InChI is InChI=1S/C29H30N2O7/c1-4-15-37-24-14-12-23(17-27(24)36-6-3)28(32)31-30-18-21-9-13-25(26(16-21)35-5-2)38-19-20-7-10-22(11-8-20)29(33)34/h4,7-14,16-18H,1,5-6,15,19H2,2-3H3,(H,31,32)(H,33,34)/b30-18+. The quantitative estimate of drug-likeness (QED) is 0.173. The van der Waals surface area contributed by atoms with E-state index < -0.39 is 11.9 Å². The molecule has 0 aliphatic rings. The van der Waals surface area contributed by atoms with Crippen molar-refractivity contribution in [1.82, 2.24) is 5.43 Å². The lowest BCUT2D eigenvalue weighted by Gasteiger charge is -2.13. The molecule has 0 unspecified atom stereocenters. The van der Waals surface area contributed by atoms with Crippen LogP contribution >= 0.6 is 0 Å². The van der Waals surface area contributed by atoms with Crippen molar-refractivity contribution < 1.29 is 33.6 Å². The number of carbonyl (C=O) groups is 2. The number of hydrogen-bond acceptors (Lipinski definition) is 7. The number of carboxylic acids is 1. The molecule has 0 radical (unpaired) electrons. The van der Waals surface area contributed by atoms with Crippen molar-refractivity contribution in [2.24, 2.45) is 5.10 Å². The summed E-state index contributed by atoms with van der Waals surface area (Å²) < 4.78 is 22.7. The van der Waals surface area contributed by atoms with Gasteiger partial charge in [-0.05, 0) is 73.5 Å². The molecule has 0 saturated heterocycles. The third kappa shape index (κ3) is 7.86. The maximum absolute atomic E-state index is 12.6. The largest absolute Gasteiger partial charge is 0.490 e. The Labute approximate surface area is 221 Å². The summed E-state index contributed by atoms with van der Waals surface area (Å²) in [5.41, 5.74) is 4.60. The van der Waals surface area contributed by atoms with E-state index in [9.17, 15) is 9.59 Å². The fourth-order valence-corrected chi connectivity index (χ4v) is 3.31. The van der Waals surface area contributed by atoms with Crippen LogP contribution < -0.4 is 24.4 Å². The zero-order chi connectivity index (χ0) is 27.3. The van der Waals surface area contributed by atoms with Crippen LogP contribution in [0, 0.1) is 0 Å². The summed E-state index contributed by atoms with van der Waals surface area (Å²) in [7, 11) is 0. The number of carboxylic acid groups (broad SMARTS) is 1. The third-order valence-electron chi connectivity index (χ3n) is 5.10. The van der Waals surface area contributed by atoms with Crippen LogP contribution in [0.25, 0.3) is 0 Å². The molecule has 0 fully saturated rings. The number of aromatic carboxylic acids is 1. The van der Waals surface area contributed by atoms with Gasteiger partial charge in [-0.25, -0.2) is 10.2 Å². The van der Waals surface area contributed by atoms with Gasteiger partial charge in [0.25, 0.3) is 5.91 Å². The van der Waals surface area contributed by atoms with Crippen LogP contribution in [-0.2, 0) is 6.61 Å².